The van der Waals surface area contributed by atoms with Gasteiger partial charge in [0.05, 0.1) is 12.8 Å². The molecule has 132 valence electrons. The molecule has 26 heavy (non-hydrogen) atoms. The highest BCUT2D eigenvalue weighted by Crippen LogP contribution is 2.28. The van der Waals surface area contributed by atoms with Crippen LogP contribution in [0.25, 0.3) is 17.3 Å². The van der Waals surface area contributed by atoms with Gasteiger partial charge in [0.15, 0.2) is 5.13 Å². The second-order valence-electron chi connectivity index (χ2n) is 5.57. The summed E-state index contributed by atoms with van der Waals surface area (Å²) >= 11 is 7.45. The number of hydrogen-bond donors (Lipinski definition) is 1. The number of carbonyl (C=O) groups is 1. The molecular formula is C20H17ClN2O2S. The number of carbonyl (C=O) groups excluding carboxylic acids is 1. The van der Waals surface area contributed by atoms with Gasteiger partial charge in [-0.2, -0.15) is 0 Å². The van der Waals surface area contributed by atoms with Gasteiger partial charge in [-0.3, -0.25) is 10.1 Å². The van der Waals surface area contributed by atoms with Crippen molar-refractivity contribution in [3.63, 3.8) is 0 Å². The molecule has 3 rings (SSSR count). The SMILES string of the molecule is COc1ccc(-c2csc(NC(=O)C=Cc3ccccc3Cl)n2)cc1C. The number of benzene rings is 2. The Hall–Kier alpha value is -2.63. The summed E-state index contributed by atoms with van der Waals surface area (Å²) in [5, 5.41) is 5.83. The van der Waals surface area contributed by atoms with Crippen LogP contribution in [0.4, 0.5) is 5.13 Å². The Labute approximate surface area is 161 Å². The zero-order chi connectivity index (χ0) is 18.5. The minimum absolute atomic E-state index is 0.253. The minimum Gasteiger partial charge on any atom is -0.496 e. The summed E-state index contributed by atoms with van der Waals surface area (Å²) in [5.41, 5.74) is 3.61. The Morgan fingerprint density at radius 1 is 1.27 bits per heavy atom. The first-order valence-electron chi connectivity index (χ1n) is 7.91. The van der Waals surface area contributed by atoms with Gasteiger partial charge >= 0.3 is 0 Å². The van der Waals surface area contributed by atoms with Gasteiger partial charge in [0.1, 0.15) is 5.75 Å². The van der Waals surface area contributed by atoms with E-state index in [0.29, 0.717) is 10.2 Å². The fourth-order valence-electron chi connectivity index (χ4n) is 2.42. The molecule has 2 aromatic carbocycles. The van der Waals surface area contributed by atoms with Crippen molar-refractivity contribution in [1.82, 2.24) is 4.98 Å². The highest BCUT2D eigenvalue weighted by Gasteiger charge is 2.08. The Morgan fingerprint density at radius 2 is 2.08 bits per heavy atom. The van der Waals surface area contributed by atoms with Crippen LogP contribution in [0.1, 0.15) is 11.1 Å². The van der Waals surface area contributed by atoms with E-state index in [4.69, 9.17) is 16.3 Å². The van der Waals surface area contributed by atoms with Crippen LogP contribution in [0.2, 0.25) is 5.02 Å². The van der Waals surface area contributed by atoms with E-state index >= 15 is 0 Å². The van der Waals surface area contributed by atoms with E-state index in [9.17, 15) is 4.79 Å². The van der Waals surface area contributed by atoms with E-state index in [1.54, 1.807) is 19.3 Å². The predicted molar refractivity (Wildman–Crippen MR) is 108 cm³/mol. The number of ether oxygens (including phenoxy) is 1. The fraction of sp³-hybridized carbons (Fsp3) is 0.100. The van der Waals surface area contributed by atoms with Crippen LogP contribution in [-0.4, -0.2) is 18.0 Å². The molecule has 0 aliphatic rings. The number of nitrogens with one attached hydrogen (secondary N) is 1. The van der Waals surface area contributed by atoms with Gasteiger partial charge in [0.2, 0.25) is 5.91 Å². The van der Waals surface area contributed by atoms with Crippen LogP contribution >= 0.6 is 22.9 Å². The number of anilines is 1. The Morgan fingerprint density at radius 3 is 2.81 bits per heavy atom. The molecule has 1 aromatic heterocycles. The number of thiazole rings is 1. The molecule has 0 aliphatic heterocycles. The zero-order valence-electron chi connectivity index (χ0n) is 14.3. The van der Waals surface area contributed by atoms with Gasteiger partial charge in [-0.25, -0.2) is 4.98 Å². The fourth-order valence-corrected chi connectivity index (χ4v) is 3.35. The van der Waals surface area contributed by atoms with Gasteiger partial charge in [0.25, 0.3) is 0 Å². The average Bonchev–Trinajstić information content (AvgIpc) is 3.09. The Bertz CT molecular complexity index is 966. The van der Waals surface area contributed by atoms with E-state index in [1.165, 1.54) is 17.4 Å². The molecule has 4 nitrogen and oxygen atoms in total. The smallest absolute Gasteiger partial charge is 0.250 e. The third kappa shape index (κ3) is 4.31. The van der Waals surface area contributed by atoms with Crippen molar-refractivity contribution >= 4 is 40.1 Å². The highest BCUT2D eigenvalue weighted by atomic mass is 35.5. The lowest BCUT2D eigenvalue weighted by Crippen LogP contribution is -2.07. The molecular weight excluding hydrogens is 368 g/mol. The molecule has 1 heterocycles. The van der Waals surface area contributed by atoms with Gasteiger partial charge in [0, 0.05) is 22.0 Å². The van der Waals surface area contributed by atoms with Crippen molar-refractivity contribution in [2.45, 2.75) is 6.92 Å². The lowest BCUT2D eigenvalue weighted by atomic mass is 10.1. The molecule has 0 fully saturated rings. The van der Waals surface area contributed by atoms with Crippen molar-refractivity contribution in [3.8, 4) is 17.0 Å². The predicted octanol–water partition coefficient (Wildman–Crippen LogP) is 5.43. The summed E-state index contributed by atoms with van der Waals surface area (Å²) in [4.78, 5) is 16.6. The number of halogens is 1. The maximum absolute atomic E-state index is 12.1. The molecule has 0 saturated heterocycles. The molecule has 0 atom stereocenters. The van der Waals surface area contributed by atoms with Gasteiger partial charge in [-0.1, -0.05) is 29.8 Å². The molecule has 0 spiro atoms. The zero-order valence-corrected chi connectivity index (χ0v) is 15.9. The van der Waals surface area contributed by atoms with Crippen molar-refractivity contribution in [1.29, 1.82) is 0 Å². The van der Waals surface area contributed by atoms with Gasteiger partial charge in [-0.15, -0.1) is 11.3 Å². The number of amides is 1. The van der Waals surface area contributed by atoms with Crippen LogP contribution in [0.3, 0.4) is 0 Å². The highest BCUT2D eigenvalue weighted by molar-refractivity contribution is 7.14. The van der Waals surface area contributed by atoms with Crippen LogP contribution in [0.15, 0.2) is 53.9 Å². The summed E-state index contributed by atoms with van der Waals surface area (Å²) in [6, 6.07) is 13.2. The monoisotopic (exact) mass is 384 g/mol. The molecule has 0 aliphatic carbocycles. The number of rotatable bonds is 5. The van der Waals surface area contributed by atoms with Crippen molar-refractivity contribution in [2.75, 3.05) is 12.4 Å². The number of methoxy groups -OCH3 is 1. The quantitative estimate of drug-likeness (QED) is 0.596. The first-order chi connectivity index (χ1) is 12.6. The molecule has 0 unspecified atom stereocenters. The first-order valence-corrected chi connectivity index (χ1v) is 9.16. The molecule has 1 amide bonds. The van der Waals surface area contributed by atoms with Crippen LogP contribution in [0.5, 0.6) is 5.75 Å². The number of hydrogen-bond acceptors (Lipinski definition) is 4. The van der Waals surface area contributed by atoms with Crippen molar-refractivity contribution < 1.29 is 9.53 Å². The summed E-state index contributed by atoms with van der Waals surface area (Å²) in [6.45, 7) is 1.98. The van der Waals surface area contributed by atoms with Gasteiger partial charge in [-0.05, 0) is 48.4 Å². The van der Waals surface area contributed by atoms with E-state index in [2.05, 4.69) is 10.3 Å². The maximum Gasteiger partial charge on any atom is 0.250 e. The second kappa shape index (κ2) is 8.17. The summed E-state index contributed by atoms with van der Waals surface area (Å²) < 4.78 is 5.27. The first kappa shape index (κ1) is 18.2. The number of aryl methyl sites for hydroxylation is 1. The van der Waals surface area contributed by atoms with E-state index in [-0.39, 0.29) is 5.91 Å². The van der Waals surface area contributed by atoms with Crippen LogP contribution in [0, 0.1) is 6.92 Å². The van der Waals surface area contributed by atoms with E-state index in [0.717, 1.165) is 28.1 Å². The maximum atomic E-state index is 12.1. The van der Waals surface area contributed by atoms with Crippen LogP contribution in [-0.2, 0) is 4.79 Å². The summed E-state index contributed by atoms with van der Waals surface area (Å²) in [6.07, 6.45) is 3.12. The second-order valence-corrected chi connectivity index (χ2v) is 6.83. The largest absolute Gasteiger partial charge is 0.496 e. The lowest BCUT2D eigenvalue weighted by molar-refractivity contribution is -0.111. The van der Waals surface area contributed by atoms with Crippen LogP contribution < -0.4 is 10.1 Å². The minimum atomic E-state index is -0.253. The number of nitrogens with zero attached hydrogens (tertiary/aromatic N) is 1. The molecule has 1 N–H and O–H groups in total. The van der Waals surface area contributed by atoms with E-state index < -0.39 is 0 Å². The molecule has 3 aromatic rings. The molecule has 0 saturated carbocycles. The summed E-state index contributed by atoms with van der Waals surface area (Å²) in [7, 11) is 1.65. The Kier molecular flexibility index (Phi) is 5.71. The molecule has 6 heteroatoms. The number of aromatic nitrogens is 1. The van der Waals surface area contributed by atoms with Crippen molar-refractivity contribution in [2.24, 2.45) is 0 Å². The third-order valence-electron chi connectivity index (χ3n) is 3.74. The topological polar surface area (TPSA) is 51.2 Å². The van der Waals surface area contributed by atoms with Crippen molar-refractivity contribution in [3.05, 3.63) is 70.1 Å². The lowest BCUT2D eigenvalue weighted by Gasteiger charge is -2.05. The summed E-state index contributed by atoms with van der Waals surface area (Å²) in [5.74, 6) is 0.582. The molecule has 0 bridgehead atoms. The average molecular weight is 385 g/mol. The normalized spacial score (nSPS) is 10.9. The Balaban J connectivity index is 1.69. The standard InChI is InChI=1S/C20H17ClN2O2S/c1-13-11-15(7-9-18(13)25-2)17-12-26-20(22-17)23-19(24)10-8-14-5-3-4-6-16(14)21/h3-12H,1-2H3,(H,22,23,24). The third-order valence-corrected chi connectivity index (χ3v) is 4.85. The van der Waals surface area contributed by atoms with Gasteiger partial charge < -0.3 is 4.74 Å². The van der Waals surface area contributed by atoms with E-state index in [1.807, 2.05) is 48.7 Å². The molecule has 0 radical (unpaired) electrons.